The van der Waals surface area contributed by atoms with Gasteiger partial charge in [-0.25, -0.2) is 9.18 Å². The summed E-state index contributed by atoms with van der Waals surface area (Å²) in [7, 11) is 0. The molecule has 1 aromatic heterocycles. The minimum atomic E-state index is -1.21. The van der Waals surface area contributed by atoms with E-state index in [9.17, 15) is 14.0 Å². The maximum absolute atomic E-state index is 13.5. The maximum Gasteiger partial charge on any atom is 0.335 e. The van der Waals surface area contributed by atoms with Crippen molar-refractivity contribution in [3.05, 3.63) is 52.6 Å². The van der Waals surface area contributed by atoms with Gasteiger partial charge in [-0.15, -0.1) is 0 Å². The Kier molecular flexibility index (Phi) is 3.52. The topological polar surface area (TPSA) is 82.2 Å². The predicted octanol–water partition coefficient (Wildman–Crippen LogP) is 2.76. The van der Waals surface area contributed by atoms with E-state index >= 15 is 0 Å². The van der Waals surface area contributed by atoms with Crippen molar-refractivity contribution in [3.63, 3.8) is 0 Å². The fraction of sp³-hybridized carbons (Fsp3) is 0. The third kappa shape index (κ3) is 2.92. The Bertz CT molecular complexity index is 654. The Morgan fingerprint density at radius 3 is 2.63 bits per heavy atom. The van der Waals surface area contributed by atoms with Crippen LogP contribution in [0.2, 0.25) is 5.02 Å². The molecule has 0 spiro atoms. The number of carbonyl (C=O) groups is 2. The molecule has 0 aliphatic carbocycles. The average Bonchev–Trinajstić information content (AvgIpc) is 2.78. The highest BCUT2D eigenvalue weighted by Gasteiger charge is 2.13. The van der Waals surface area contributed by atoms with Crippen molar-refractivity contribution < 1.29 is 19.1 Å². The highest BCUT2D eigenvalue weighted by atomic mass is 35.5. The number of rotatable bonds is 3. The van der Waals surface area contributed by atoms with Crippen LogP contribution in [0.1, 0.15) is 20.8 Å². The lowest BCUT2D eigenvalue weighted by Crippen LogP contribution is -2.14. The molecule has 0 aliphatic rings. The summed E-state index contributed by atoms with van der Waals surface area (Å²) in [5, 5.41) is 11.4. The Labute approximate surface area is 112 Å². The van der Waals surface area contributed by atoms with Crippen molar-refractivity contribution in [2.24, 2.45) is 0 Å². The van der Waals surface area contributed by atoms with E-state index < -0.39 is 17.7 Å². The molecule has 0 saturated heterocycles. The van der Waals surface area contributed by atoms with Crippen LogP contribution >= 0.6 is 11.6 Å². The number of carboxylic acid groups (broad SMARTS) is 1. The number of aromatic nitrogens is 1. The summed E-state index contributed by atoms with van der Waals surface area (Å²) in [5.41, 5.74) is -0.193. The number of H-pyrrole nitrogens is 1. The number of carbonyl (C=O) groups excluding carboxylic acids is 1. The molecule has 0 radical (unpaired) electrons. The van der Waals surface area contributed by atoms with Gasteiger partial charge in [0.25, 0.3) is 5.91 Å². The fourth-order valence-electron chi connectivity index (χ4n) is 1.44. The molecule has 0 bridgehead atoms. The highest BCUT2D eigenvalue weighted by molar-refractivity contribution is 6.31. The van der Waals surface area contributed by atoms with Gasteiger partial charge in [0.2, 0.25) is 0 Å². The molecule has 2 rings (SSSR count). The van der Waals surface area contributed by atoms with E-state index in [0.717, 1.165) is 18.2 Å². The van der Waals surface area contributed by atoms with E-state index in [1.807, 2.05) is 0 Å². The predicted molar refractivity (Wildman–Crippen MR) is 67.1 cm³/mol. The first-order chi connectivity index (χ1) is 8.97. The summed E-state index contributed by atoms with van der Waals surface area (Å²) >= 11 is 5.64. The molecule has 0 saturated carbocycles. The number of aromatic amines is 1. The molecule has 19 heavy (non-hydrogen) atoms. The summed E-state index contributed by atoms with van der Waals surface area (Å²) < 4.78 is 13.5. The van der Waals surface area contributed by atoms with Crippen molar-refractivity contribution in [3.8, 4) is 0 Å². The molecule has 2 aromatic rings. The van der Waals surface area contributed by atoms with Gasteiger partial charge in [0.05, 0.1) is 16.3 Å². The Morgan fingerprint density at radius 2 is 2.05 bits per heavy atom. The summed E-state index contributed by atoms with van der Waals surface area (Å²) in [4.78, 5) is 25.1. The summed E-state index contributed by atoms with van der Waals surface area (Å²) in [5.74, 6) is -2.55. The van der Waals surface area contributed by atoms with E-state index in [0.29, 0.717) is 5.02 Å². The summed E-state index contributed by atoms with van der Waals surface area (Å²) in [6, 6.07) is 4.50. The second-order valence-electron chi connectivity index (χ2n) is 3.69. The standard InChI is InChI=1S/C12H8ClFN2O3/c13-7-4-10(15-5-7)11(17)16-9-3-6(12(18)19)1-2-8(9)14/h1-5,15H,(H,16,17)(H,18,19). The first kappa shape index (κ1) is 13.1. The fourth-order valence-corrected chi connectivity index (χ4v) is 1.61. The number of hydrogen-bond donors (Lipinski definition) is 3. The van der Waals surface area contributed by atoms with Gasteiger partial charge in [0.1, 0.15) is 11.5 Å². The van der Waals surface area contributed by atoms with Crippen LogP contribution in [0.25, 0.3) is 0 Å². The second-order valence-corrected chi connectivity index (χ2v) is 4.12. The van der Waals surface area contributed by atoms with Crippen molar-refractivity contribution in [2.75, 3.05) is 5.32 Å². The van der Waals surface area contributed by atoms with Crippen LogP contribution in [-0.4, -0.2) is 22.0 Å². The minimum absolute atomic E-state index is 0.124. The molecule has 0 fully saturated rings. The molecule has 98 valence electrons. The third-order valence-electron chi connectivity index (χ3n) is 2.35. The Hall–Kier alpha value is -2.34. The average molecular weight is 283 g/mol. The van der Waals surface area contributed by atoms with Crippen molar-refractivity contribution in [2.45, 2.75) is 0 Å². The van der Waals surface area contributed by atoms with Crippen LogP contribution < -0.4 is 5.32 Å². The van der Waals surface area contributed by atoms with Crippen LogP contribution in [0.5, 0.6) is 0 Å². The van der Waals surface area contributed by atoms with Gasteiger partial charge >= 0.3 is 5.97 Å². The molecule has 0 aliphatic heterocycles. The number of nitrogens with one attached hydrogen (secondary N) is 2. The van der Waals surface area contributed by atoms with Crippen LogP contribution in [0.4, 0.5) is 10.1 Å². The first-order valence-electron chi connectivity index (χ1n) is 5.15. The number of anilines is 1. The van der Waals surface area contributed by atoms with E-state index in [4.69, 9.17) is 16.7 Å². The lowest BCUT2D eigenvalue weighted by Gasteiger charge is -2.06. The van der Waals surface area contributed by atoms with Gasteiger partial charge < -0.3 is 15.4 Å². The largest absolute Gasteiger partial charge is 0.478 e. The van der Waals surface area contributed by atoms with Crippen molar-refractivity contribution >= 4 is 29.2 Å². The van der Waals surface area contributed by atoms with Crippen LogP contribution in [0.3, 0.4) is 0 Å². The van der Waals surface area contributed by atoms with Crippen molar-refractivity contribution in [1.82, 2.24) is 4.98 Å². The van der Waals surface area contributed by atoms with Gasteiger partial charge in [-0.3, -0.25) is 4.79 Å². The zero-order chi connectivity index (χ0) is 14.0. The SMILES string of the molecule is O=C(O)c1ccc(F)c(NC(=O)c2cc(Cl)c[nH]2)c1. The Balaban J connectivity index is 2.25. The molecule has 7 heteroatoms. The lowest BCUT2D eigenvalue weighted by atomic mass is 10.2. The maximum atomic E-state index is 13.5. The highest BCUT2D eigenvalue weighted by Crippen LogP contribution is 2.18. The molecule has 5 nitrogen and oxygen atoms in total. The third-order valence-corrected chi connectivity index (χ3v) is 2.57. The Morgan fingerprint density at radius 1 is 1.32 bits per heavy atom. The van der Waals surface area contributed by atoms with Gasteiger partial charge in [0, 0.05) is 6.20 Å². The van der Waals surface area contributed by atoms with Crippen molar-refractivity contribution in [1.29, 1.82) is 0 Å². The quantitative estimate of drug-likeness (QED) is 0.809. The van der Waals surface area contributed by atoms with Crippen LogP contribution in [0, 0.1) is 5.82 Å². The van der Waals surface area contributed by atoms with Crippen LogP contribution in [0.15, 0.2) is 30.5 Å². The van der Waals surface area contributed by atoms with Gasteiger partial charge in [0.15, 0.2) is 0 Å². The molecular weight excluding hydrogens is 275 g/mol. The van der Waals surface area contributed by atoms with Gasteiger partial charge in [-0.1, -0.05) is 11.6 Å². The number of amides is 1. The number of carboxylic acids is 1. The van der Waals surface area contributed by atoms with Crippen LogP contribution in [-0.2, 0) is 0 Å². The monoisotopic (exact) mass is 282 g/mol. The van der Waals surface area contributed by atoms with E-state index in [1.54, 1.807) is 0 Å². The second kappa shape index (κ2) is 5.11. The number of hydrogen-bond acceptors (Lipinski definition) is 2. The zero-order valence-electron chi connectivity index (χ0n) is 9.41. The zero-order valence-corrected chi connectivity index (χ0v) is 10.2. The molecule has 3 N–H and O–H groups in total. The number of benzene rings is 1. The van der Waals surface area contributed by atoms with E-state index in [-0.39, 0.29) is 16.9 Å². The number of aromatic carboxylic acids is 1. The minimum Gasteiger partial charge on any atom is -0.478 e. The molecular formula is C12H8ClFN2O3. The number of halogens is 2. The summed E-state index contributed by atoms with van der Waals surface area (Å²) in [6.07, 6.45) is 1.40. The van der Waals surface area contributed by atoms with E-state index in [2.05, 4.69) is 10.3 Å². The lowest BCUT2D eigenvalue weighted by molar-refractivity contribution is 0.0696. The molecule has 1 amide bonds. The summed E-state index contributed by atoms with van der Waals surface area (Å²) in [6.45, 7) is 0. The van der Waals surface area contributed by atoms with Gasteiger partial charge in [-0.2, -0.15) is 0 Å². The molecule has 1 heterocycles. The molecule has 1 aromatic carbocycles. The normalized spacial score (nSPS) is 10.2. The van der Waals surface area contributed by atoms with Gasteiger partial charge in [-0.05, 0) is 24.3 Å². The first-order valence-corrected chi connectivity index (χ1v) is 5.53. The smallest absolute Gasteiger partial charge is 0.335 e. The van der Waals surface area contributed by atoms with E-state index in [1.165, 1.54) is 12.3 Å². The molecule has 0 unspecified atom stereocenters. The molecule has 0 atom stereocenters.